The van der Waals surface area contributed by atoms with Gasteiger partial charge in [-0.2, -0.15) is 0 Å². The van der Waals surface area contributed by atoms with Crippen molar-refractivity contribution in [1.82, 2.24) is 10.2 Å². The molecule has 1 heterocycles. The number of nitrogens with zero attached hydrogens (tertiary/aromatic N) is 1. The Morgan fingerprint density at radius 1 is 1.00 bits per heavy atom. The quantitative estimate of drug-likeness (QED) is 0.839. The van der Waals surface area contributed by atoms with Crippen molar-refractivity contribution >= 4 is 5.91 Å². The molecule has 116 valence electrons. The predicted octanol–water partition coefficient (Wildman–Crippen LogP) is 3.05. The van der Waals surface area contributed by atoms with Gasteiger partial charge in [0.15, 0.2) is 0 Å². The van der Waals surface area contributed by atoms with Crippen LogP contribution < -0.4 is 5.32 Å². The molecular formula is C17H32N2O. The highest BCUT2D eigenvalue weighted by molar-refractivity contribution is 5.79. The molecule has 1 N–H and O–H groups in total. The van der Waals surface area contributed by atoms with Crippen molar-refractivity contribution in [3.05, 3.63) is 0 Å². The van der Waals surface area contributed by atoms with Gasteiger partial charge in [-0.1, -0.05) is 20.3 Å². The van der Waals surface area contributed by atoms with Crippen molar-refractivity contribution < 1.29 is 4.79 Å². The van der Waals surface area contributed by atoms with Crippen molar-refractivity contribution in [2.24, 2.45) is 17.8 Å². The minimum Gasteiger partial charge on any atom is -0.342 e. The van der Waals surface area contributed by atoms with Gasteiger partial charge in [-0.3, -0.25) is 4.79 Å². The summed E-state index contributed by atoms with van der Waals surface area (Å²) < 4.78 is 0. The zero-order chi connectivity index (χ0) is 14.4. The zero-order valence-electron chi connectivity index (χ0n) is 13.4. The van der Waals surface area contributed by atoms with Crippen LogP contribution in [0.2, 0.25) is 0 Å². The van der Waals surface area contributed by atoms with Gasteiger partial charge in [-0.15, -0.1) is 0 Å². The van der Waals surface area contributed by atoms with Crippen LogP contribution in [-0.2, 0) is 4.79 Å². The number of carbonyl (C=O) groups excluding carboxylic acids is 1. The molecule has 3 nitrogen and oxygen atoms in total. The summed E-state index contributed by atoms with van der Waals surface area (Å²) in [5.74, 6) is 2.45. The average Bonchev–Trinajstić information content (AvgIpc) is 2.53. The predicted molar refractivity (Wildman–Crippen MR) is 83.6 cm³/mol. The van der Waals surface area contributed by atoms with Crippen LogP contribution >= 0.6 is 0 Å². The second-order valence-electron chi connectivity index (χ2n) is 6.70. The van der Waals surface area contributed by atoms with Crippen LogP contribution in [0.15, 0.2) is 0 Å². The van der Waals surface area contributed by atoms with Crippen molar-refractivity contribution in [2.45, 2.75) is 58.8 Å². The lowest BCUT2D eigenvalue weighted by Crippen LogP contribution is -2.44. The number of nitrogens with one attached hydrogen (secondary N) is 1. The third-order valence-electron chi connectivity index (χ3n) is 5.38. The van der Waals surface area contributed by atoms with E-state index in [1.165, 1.54) is 32.1 Å². The fourth-order valence-corrected chi connectivity index (χ4v) is 3.78. The normalized spacial score (nSPS) is 28.6. The van der Waals surface area contributed by atoms with E-state index >= 15 is 0 Å². The summed E-state index contributed by atoms with van der Waals surface area (Å²) in [7, 11) is 0. The third-order valence-corrected chi connectivity index (χ3v) is 5.38. The number of rotatable bonds is 5. The van der Waals surface area contributed by atoms with Crippen LogP contribution in [-0.4, -0.2) is 37.0 Å². The maximum Gasteiger partial charge on any atom is 0.225 e. The Labute approximate surface area is 124 Å². The first kappa shape index (κ1) is 15.8. The van der Waals surface area contributed by atoms with Crippen molar-refractivity contribution in [2.75, 3.05) is 26.2 Å². The number of hydrogen-bond acceptors (Lipinski definition) is 2. The standard InChI is InChI=1S/C17H32N2O/c1-3-14-5-7-16(8-6-14)17(20)19-11-9-15(10-12-19)13-18-4-2/h14-16,18H,3-13H2,1-2H3. The Balaban J connectivity index is 1.72. The summed E-state index contributed by atoms with van der Waals surface area (Å²) in [5, 5.41) is 3.43. The molecule has 0 atom stereocenters. The topological polar surface area (TPSA) is 32.3 Å². The van der Waals surface area contributed by atoms with E-state index in [-0.39, 0.29) is 0 Å². The SMILES string of the molecule is CCNCC1CCN(C(=O)C2CCC(CC)CC2)CC1. The minimum atomic E-state index is 0.336. The molecule has 1 amide bonds. The molecule has 1 saturated heterocycles. The summed E-state index contributed by atoms with van der Waals surface area (Å²) in [4.78, 5) is 14.7. The molecule has 0 spiro atoms. The van der Waals surface area contributed by atoms with Crippen molar-refractivity contribution in [3.63, 3.8) is 0 Å². The monoisotopic (exact) mass is 280 g/mol. The number of likely N-dealkylation sites (tertiary alicyclic amines) is 1. The molecule has 0 aromatic rings. The smallest absolute Gasteiger partial charge is 0.225 e. The van der Waals surface area contributed by atoms with Crippen LogP contribution in [0.4, 0.5) is 0 Å². The van der Waals surface area contributed by atoms with Gasteiger partial charge in [0.2, 0.25) is 5.91 Å². The lowest BCUT2D eigenvalue weighted by molar-refractivity contribution is -0.138. The highest BCUT2D eigenvalue weighted by Crippen LogP contribution is 2.32. The van der Waals surface area contributed by atoms with E-state index in [1.807, 2.05) is 0 Å². The molecule has 0 bridgehead atoms. The molecule has 0 radical (unpaired) electrons. The Kier molecular flexibility index (Phi) is 6.34. The molecule has 1 aliphatic heterocycles. The Hall–Kier alpha value is -0.570. The second kappa shape index (κ2) is 8.02. The van der Waals surface area contributed by atoms with Crippen molar-refractivity contribution in [1.29, 1.82) is 0 Å². The summed E-state index contributed by atoms with van der Waals surface area (Å²) in [6.45, 7) is 8.60. The van der Waals surface area contributed by atoms with Crippen LogP contribution in [0, 0.1) is 17.8 Å². The van der Waals surface area contributed by atoms with Gasteiger partial charge in [-0.25, -0.2) is 0 Å². The summed E-state index contributed by atoms with van der Waals surface area (Å²) in [6, 6.07) is 0. The summed E-state index contributed by atoms with van der Waals surface area (Å²) >= 11 is 0. The lowest BCUT2D eigenvalue weighted by atomic mass is 9.80. The summed E-state index contributed by atoms with van der Waals surface area (Å²) in [5.41, 5.74) is 0. The first-order valence-corrected chi connectivity index (χ1v) is 8.74. The molecule has 0 unspecified atom stereocenters. The molecule has 1 aliphatic carbocycles. The summed E-state index contributed by atoms with van der Waals surface area (Å²) in [6.07, 6.45) is 8.46. The number of hydrogen-bond donors (Lipinski definition) is 1. The van der Waals surface area contributed by atoms with Crippen LogP contribution in [0.5, 0.6) is 0 Å². The van der Waals surface area contributed by atoms with Gasteiger partial charge in [0.05, 0.1) is 0 Å². The zero-order valence-corrected chi connectivity index (χ0v) is 13.4. The third kappa shape index (κ3) is 4.21. The van der Waals surface area contributed by atoms with E-state index in [0.717, 1.165) is 50.9 Å². The first-order chi connectivity index (χ1) is 9.74. The van der Waals surface area contributed by atoms with E-state index in [0.29, 0.717) is 11.8 Å². The van der Waals surface area contributed by atoms with E-state index in [4.69, 9.17) is 0 Å². The molecule has 2 aliphatic rings. The Bertz CT molecular complexity index is 289. The molecule has 1 saturated carbocycles. The van der Waals surface area contributed by atoms with Gasteiger partial charge in [-0.05, 0) is 63.5 Å². The van der Waals surface area contributed by atoms with Gasteiger partial charge in [0.1, 0.15) is 0 Å². The van der Waals surface area contributed by atoms with Crippen LogP contribution in [0.25, 0.3) is 0 Å². The molecule has 20 heavy (non-hydrogen) atoms. The maximum absolute atomic E-state index is 12.6. The van der Waals surface area contributed by atoms with Crippen LogP contribution in [0.3, 0.4) is 0 Å². The average molecular weight is 280 g/mol. The first-order valence-electron chi connectivity index (χ1n) is 8.74. The largest absolute Gasteiger partial charge is 0.342 e. The van der Waals surface area contributed by atoms with E-state index < -0.39 is 0 Å². The van der Waals surface area contributed by atoms with Gasteiger partial charge >= 0.3 is 0 Å². The fraction of sp³-hybridized carbons (Fsp3) is 0.941. The van der Waals surface area contributed by atoms with E-state index in [9.17, 15) is 4.79 Å². The second-order valence-corrected chi connectivity index (χ2v) is 6.70. The molecule has 3 heteroatoms. The minimum absolute atomic E-state index is 0.336. The fourth-order valence-electron chi connectivity index (χ4n) is 3.78. The number of carbonyl (C=O) groups is 1. The highest BCUT2D eigenvalue weighted by Gasteiger charge is 2.30. The highest BCUT2D eigenvalue weighted by atomic mass is 16.2. The molecular weight excluding hydrogens is 248 g/mol. The van der Waals surface area contributed by atoms with E-state index in [1.54, 1.807) is 0 Å². The molecule has 0 aromatic carbocycles. The van der Waals surface area contributed by atoms with Crippen LogP contribution in [0.1, 0.15) is 58.8 Å². The van der Waals surface area contributed by atoms with Gasteiger partial charge in [0.25, 0.3) is 0 Å². The molecule has 2 rings (SSSR count). The molecule has 2 fully saturated rings. The number of amides is 1. The van der Waals surface area contributed by atoms with Gasteiger partial charge in [0, 0.05) is 19.0 Å². The Morgan fingerprint density at radius 2 is 1.65 bits per heavy atom. The number of piperidine rings is 1. The molecule has 0 aromatic heterocycles. The van der Waals surface area contributed by atoms with E-state index in [2.05, 4.69) is 24.1 Å². The Morgan fingerprint density at radius 3 is 2.20 bits per heavy atom. The maximum atomic E-state index is 12.6. The lowest BCUT2D eigenvalue weighted by Gasteiger charge is -2.36. The van der Waals surface area contributed by atoms with Crippen molar-refractivity contribution in [3.8, 4) is 0 Å². The van der Waals surface area contributed by atoms with Gasteiger partial charge < -0.3 is 10.2 Å².